The lowest BCUT2D eigenvalue weighted by Gasteiger charge is -2.17. The van der Waals surface area contributed by atoms with Crippen molar-refractivity contribution in [2.24, 2.45) is 0 Å². The van der Waals surface area contributed by atoms with Gasteiger partial charge in [-0.1, -0.05) is 24.3 Å². The fourth-order valence-electron chi connectivity index (χ4n) is 3.98. The number of ether oxygens (including phenoxy) is 2. The number of carboxylic acids is 1. The third-order valence-corrected chi connectivity index (χ3v) is 6.07. The molecule has 6 nitrogen and oxygen atoms in total. The van der Waals surface area contributed by atoms with Crippen LogP contribution >= 0.6 is 0 Å². The van der Waals surface area contributed by atoms with Gasteiger partial charge in [0.25, 0.3) is 0 Å². The van der Waals surface area contributed by atoms with E-state index in [0.717, 1.165) is 40.8 Å². The van der Waals surface area contributed by atoms with E-state index < -0.39 is 11.4 Å². The van der Waals surface area contributed by atoms with Crippen LogP contribution in [0.5, 0.6) is 11.5 Å². The molecule has 0 aromatic heterocycles. The molecule has 0 aliphatic heterocycles. The highest BCUT2D eigenvalue weighted by atomic mass is 16.5. The minimum Gasteiger partial charge on any atom is -0.497 e. The maximum Gasteiger partial charge on any atom is 0.339 e. The van der Waals surface area contributed by atoms with Gasteiger partial charge in [0, 0.05) is 7.11 Å². The smallest absolute Gasteiger partial charge is 0.339 e. The van der Waals surface area contributed by atoms with Crippen LogP contribution in [-0.4, -0.2) is 31.2 Å². The van der Waals surface area contributed by atoms with Crippen molar-refractivity contribution in [3.8, 4) is 22.6 Å². The highest BCUT2D eigenvalue weighted by molar-refractivity contribution is 6.02. The van der Waals surface area contributed by atoms with Crippen molar-refractivity contribution in [1.82, 2.24) is 0 Å². The number of aromatic carboxylic acids is 1. The molecule has 0 saturated heterocycles. The van der Waals surface area contributed by atoms with Crippen molar-refractivity contribution in [3.05, 3.63) is 77.4 Å². The van der Waals surface area contributed by atoms with E-state index in [-0.39, 0.29) is 12.9 Å². The predicted molar refractivity (Wildman–Crippen MR) is 125 cm³/mol. The van der Waals surface area contributed by atoms with E-state index in [0.29, 0.717) is 11.4 Å². The number of carboxylic acid groups (broad SMARTS) is 1. The molecule has 1 amide bonds. The first-order chi connectivity index (χ1) is 15.4. The molecule has 3 aromatic carbocycles. The van der Waals surface area contributed by atoms with Crippen molar-refractivity contribution in [1.29, 1.82) is 0 Å². The molecule has 1 aliphatic rings. The second-order valence-corrected chi connectivity index (χ2v) is 8.01. The molecule has 6 heteroatoms. The first-order valence-corrected chi connectivity index (χ1v) is 10.4. The van der Waals surface area contributed by atoms with Gasteiger partial charge in [-0.05, 0) is 78.4 Å². The highest BCUT2D eigenvalue weighted by Crippen LogP contribution is 2.49. The Morgan fingerprint density at radius 2 is 1.69 bits per heavy atom. The quantitative estimate of drug-likeness (QED) is 0.529. The summed E-state index contributed by atoms with van der Waals surface area (Å²) >= 11 is 0. The fraction of sp³-hybridized carbons (Fsp3) is 0.231. The number of nitrogens with one attached hydrogen (secondary N) is 1. The Balaban J connectivity index is 0.00000306. The van der Waals surface area contributed by atoms with Crippen molar-refractivity contribution < 1.29 is 25.6 Å². The van der Waals surface area contributed by atoms with E-state index in [2.05, 4.69) is 5.32 Å². The van der Waals surface area contributed by atoms with Gasteiger partial charge in [-0.15, -0.1) is 0 Å². The molecule has 1 aliphatic carbocycles. The standard InChI is InChI=1S/C26H25NO5.H2/c1-16-4-8-19(15-22(16)17-5-11-21(24(28)29)23(14-17)32-3)27-25(30)26(12-13-26)18-6-9-20(31-2)10-7-18;/h4-11,14-15H,12-13H2,1-3H3,(H,27,30)(H,28,29);1H. The Labute approximate surface area is 188 Å². The highest BCUT2D eigenvalue weighted by Gasteiger charge is 2.51. The van der Waals surface area contributed by atoms with Crippen LogP contribution in [0.2, 0.25) is 0 Å². The van der Waals surface area contributed by atoms with Crippen LogP contribution in [0.3, 0.4) is 0 Å². The van der Waals surface area contributed by atoms with Gasteiger partial charge in [-0.2, -0.15) is 0 Å². The van der Waals surface area contributed by atoms with E-state index in [9.17, 15) is 14.7 Å². The molecule has 0 radical (unpaired) electrons. The van der Waals surface area contributed by atoms with Crippen molar-refractivity contribution in [2.75, 3.05) is 19.5 Å². The summed E-state index contributed by atoms with van der Waals surface area (Å²) in [4.78, 5) is 24.6. The van der Waals surface area contributed by atoms with Crippen LogP contribution in [0, 0.1) is 6.92 Å². The second kappa shape index (κ2) is 8.38. The number of methoxy groups -OCH3 is 2. The van der Waals surface area contributed by atoms with Crippen molar-refractivity contribution in [2.45, 2.75) is 25.2 Å². The number of carbonyl (C=O) groups excluding carboxylic acids is 1. The maximum absolute atomic E-state index is 13.2. The van der Waals surface area contributed by atoms with Crippen molar-refractivity contribution >= 4 is 17.6 Å². The minimum absolute atomic E-state index is 0. The number of rotatable bonds is 7. The first kappa shape index (κ1) is 21.4. The molecule has 0 unspecified atom stereocenters. The van der Waals surface area contributed by atoms with Gasteiger partial charge in [0.2, 0.25) is 5.91 Å². The Morgan fingerprint density at radius 1 is 0.969 bits per heavy atom. The molecule has 1 saturated carbocycles. The summed E-state index contributed by atoms with van der Waals surface area (Å²) in [6, 6.07) is 18.4. The van der Waals surface area contributed by atoms with Gasteiger partial charge in [0.05, 0.1) is 19.6 Å². The summed E-state index contributed by atoms with van der Waals surface area (Å²) in [7, 11) is 3.07. The zero-order chi connectivity index (χ0) is 22.9. The van der Waals surface area contributed by atoms with E-state index in [1.54, 1.807) is 19.2 Å². The average molecular weight is 434 g/mol. The van der Waals surface area contributed by atoms with Gasteiger partial charge in [-0.3, -0.25) is 4.79 Å². The summed E-state index contributed by atoms with van der Waals surface area (Å²) in [5.41, 5.74) is 3.99. The summed E-state index contributed by atoms with van der Waals surface area (Å²) in [5, 5.41) is 12.4. The average Bonchev–Trinajstić information content (AvgIpc) is 3.62. The van der Waals surface area contributed by atoms with Gasteiger partial charge in [0.1, 0.15) is 17.1 Å². The van der Waals surface area contributed by atoms with E-state index in [1.807, 2.05) is 49.4 Å². The number of carbonyl (C=O) groups is 2. The molecule has 3 aromatic rings. The number of anilines is 1. The Bertz CT molecular complexity index is 1190. The lowest BCUT2D eigenvalue weighted by molar-refractivity contribution is -0.118. The van der Waals surface area contributed by atoms with Gasteiger partial charge < -0.3 is 19.9 Å². The second-order valence-electron chi connectivity index (χ2n) is 8.01. The summed E-state index contributed by atoms with van der Waals surface area (Å²) in [5.74, 6) is -0.0200. The van der Waals surface area contributed by atoms with Gasteiger partial charge >= 0.3 is 5.97 Å². The van der Waals surface area contributed by atoms with E-state index in [1.165, 1.54) is 13.2 Å². The molecule has 2 N–H and O–H groups in total. The molecule has 4 rings (SSSR count). The van der Waals surface area contributed by atoms with Crippen LogP contribution in [0.15, 0.2) is 60.7 Å². The molecule has 0 spiro atoms. The molecule has 166 valence electrons. The number of aryl methyl sites for hydroxylation is 1. The van der Waals surface area contributed by atoms with Crippen molar-refractivity contribution in [3.63, 3.8) is 0 Å². The van der Waals surface area contributed by atoms with Gasteiger partial charge in [-0.25, -0.2) is 4.79 Å². The zero-order valence-corrected chi connectivity index (χ0v) is 18.3. The van der Waals surface area contributed by atoms with Crippen LogP contribution < -0.4 is 14.8 Å². The Hall–Kier alpha value is -3.80. The normalized spacial score (nSPS) is 13.8. The molecule has 32 heavy (non-hydrogen) atoms. The van der Waals surface area contributed by atoms with E-state index >= 15 is 0 Å². The molecule has 0 heterocycles. The summed E-state index contributed by atoms with van der Waals surface area (Å²) < 4.78 is 10.5. The molecule has 0 bridgehead atoms. The lowest BCUT2D eigenvalue weighted by Crippen LogP contribution is -2.27. The van der Waals surface area contributed by atoms with Crippen LogP contribution in [0.1, 0.15) is 35.8 Å². The molecular weight excluding hydrogens is 406 g/mol. The summed E-state index contributed by atoms with van der Waals surface area (Å²) in [6.07, 6.45) is 1.61. The third kappa shape index (κ3) is 3.91. The topological polar surface area (TPSA) is 84.9 Å². The predicted octanol–water partition coefficient (Wildman–Crippen LogP) is 5.29. The number of benzene rings is 3. The maximum atomic E-state index is 13.2. The SMILES string of the molecule is COc1ccc(C2(C(=O)Nc3ccc(C)c(-c4ccc(C(=O)O)c(OC)c4)c3)CC2)cc1.[HH]. The number of hydrogen-bond acceptors (Lipinski definition) is 4. The zero-order valence-electron chi connectivity index (χ0n) is 18.3. The molecular formula is C26H27NO5. The van der Waals surface area contributed by atoms with Gasteiger partial charge in [0.15, 0.2) is 0 Å². The lowest BCUT2D eigenvalue weighted by atomic mass is 9.94. The molecule has 1 fully saturated rings. The van der Waals surface area contributed by atoms with Crippen LogP contribution in [-0.2, 0) is 10.2 Å². The largest absolute Gasteiger partial charge is 0.497 e. The Morgan fingerprint density at radius 3 is 2.28 bits per heavy atom. The summed E-state index contributed by atoms with van der Waals surface area (Å²) in [6.45, 7) is 1.97. The fourth-order valence-corrected chi connectivity index (χ4v) is 3.98. The third-order valence-electron chi connectivity index (χ3n) is 6.07. The van der Waals surface area contributed by atoms with E-state index in [4.69, 9.17) is 9.47 Å². The number of hydrogen-bond donors (Lipinski definition) is 2. The van der Waals surface area contributed by atoms with Crippen LogP contribution in [0.4, 0.5) is 5.69 Å². The minimum atomic E-state index is -1.04. The molecule has 0 atom stereocenters. The first-order valence-electron chi connectivity index (χ1n) is 10.4. The Kier molecular flexibility index (Phi) is 5.61. The monoisotopic (exact) mass is 433 g/mol. The van der Waals surface area contributed by atoms with Crippen LogP contribution in [0.25, 0.3) is 11.1 Å². The number of amides is 1.